The van der Waals surface area contributed by atoms with Crippen LogP contribution >= 0.6 is 0 Å². The highest BCUT2D eigenvalue weighted by molar-refractivity contribution is 5.88. The summed E-state index contributed by atoms with van der Waals surface area (Å²) in [6.07, 6.45) is 8.55. The maximum atomic E-state index is 13.2. The Morgan fingerprint density at radius 1 is 1.14 bits per heavy atom. The van der Waals surface area contributed by atoms with Crippen LogP contribution in [0.1, 0.15) is 85.5 Å². The quantitative estimate of drug-likeness (QED) is 0.547. The summed E-state index contributed by atoms with van der Waals surface area (Å²) in [5.41, 5.74) is -0.644. The Hall–Kier alpha value is -1.79. The third kappa shape index (κ3) is 10.5. The van der Waals surface area contributed by atoms with Crippen LogP contribution in [0, 0.1) is 5.92 Å². The first-order valence-electron chi connectivity index (χ1n) is 11.0. The minimum absolute atomic E-state index is 0.0966. The lowest BCUT2D eigenvalue weighted by Gasteiger charge is -2.30. The van der Waals surface area contributed by atoms with Crippen LogP contribution in [-0.2, 0) is 19.1 Å². The Balaban J connectivity index is 2.82. The van der Waals surface area contributed by atoms with Crippen molar-refractivity contribution in [1.82, 2.24) is 10.2 Å². The van der Waals surface area contributed by atoms with Crippen LogP contribution in [0.2, 0.25) is 0 Å². The first-order chi connectivity index (χ1) is 13.7. The molecule has 0 saturated heterocycles. The number of nitrogens with zero attached hydrogens (tertiary/aromatic N) is 1. The van der Waals surface area contributed by atoms with Gasteiger partial charge in [0.15, 0.2) is 0 Å². The van der Waals surface area contributed by atoms with Crippen LogP contribution in [0.25, 0.3) is 0 Å². The number of alkyl carbamates (subject to hydrolysis) is 1. The predicted molar refractivity (Wildman–Crippen MR) is 112 cm³/mol. The predicted octanol–water partition coefficient (Wildman–Crippen LogP) is 4.04. The van der Waals surface area contributed by atoms with Gasteiger partial charge >= 0.3 is 12.1 Å². The van der Waals surface area contributed by atoms with E-state index in [1.165, 1.54) is 44.1 Å². The molecule has 1 saturated carbocycles. The van der Waals surface area contributed by atoms with Crippen LogP contribution in [0.4, 0.5) is 4.79 Å². The molecule has 29 heavy (non-hydrogen) atoms. The molecule has 0 aromatic heterocycles. The molecule has 0 aliphatic heterocycles. The highest BCUT2D eigenvalue weighted by Crippen LogP contribution is 2.26. The molecular formula is C22H40N2O5. The molecule has 1 atom stereocenters. The Labute approximate surface area is 175 Å². The summed E-state index contributed by atoms with van der Waals surface area (Å²) >= 11 is 0. The fourth-order valence-electron chi connectivity index (χ4n) is 3.64. The maximum absolute atomic E-state index is 13.2. The molecule has 1 N–H and O–H groups in total. The van der Waals surface area contributed by atoms with Crippen LogP contribution in [0.15, 0.2) is 0 Å². The van der Waals surface area contributed by atoms with Gasteiger partial charge in [0, 0.05) is 6.54 Å². The SMILES string of the molecule is CCCC[C@H](NC(=O)OC(C)(C)C)C(=O)N(CCC1CCCCC1)CC(=O)OC. The normalized spacial score (nSPS) is 16.0. The average Bonchev–Trinajstić information content (AvgIpc) is 2.66. The first kappa shape index (κ1) is 25.2. The van der Waals surface area contributed by atoms with Gasteiger partial charge in [-0.1, -0.05) is 51.9 Å². The van der Waals surface area contributed by atoms with Gasteiger partial charge in [-0.2, -0.15) is 0 Å². The van der Waals surface area contributed by atoms with Gasteiger partial charge < -0.3 is 19.7 Å². The smallest absolute Gasteiger partial charge is 0.408 e. The zero-order valence-electron chi connectivity index (χ0n) is 18.9. The van der Waals surface area contributed by atoms with Gasteiger partial charge in [0.1, 0.15) is 18.2 Å². The second kappa shape index (κ2) is 12.7. The van der Waals surface area contributed by atoms with E-state index in [0.29, 0.717) is 18.9 Å². The lowest BCUT2D eigenvalue weighted by Crippen LogP contribution is -2.51. The lowest BCUT2D eigenvalue weighted by molar-refractivity contribution is -0.148. The maximum Gasteiger partial charge on any atom is 0.408 e. The first-order valence-corrected chi connectivity index (χ1v) is 11.0. The molecule has 1 fully saturated rings. The number of nitrogens with one attached hydrogen (secondary N) is 1. The van der Waals surface area contributed by atoms with E-state index >= 15 is 0 Å². The van der Waals surface area contributed by atoms with Gasteiger partial charge in [-0.05, 0) is 39.5 Å². The Morgan fingerprint density at radius 3 is 2.34 bits per heavy atom. The van der Waals surface area contributed by atoms with E-state index in [1.807, 2.05) is 6.92 Å². The topological polar surface area (TPSA) is 84.9 Å². The third-order valence-electron chi connectivity index (χ3n) is 5.23. The molecule has 0 bridgehead atoms. The molecule has 168 valence electrons. The molecule has 1 aliphatic rings. The molecule has 0 radical (unpaired) electrons. The largest absolute Gasteiger partial charge is 0.468 e. The number of hydrogen-bond acceptors (Lipinski definition) is 5. The summed E-state index contributed by atoms with van der Waals surface area (Å²) in [5.74, 6) is -0.108. The van der Waals surface area contributed by atoms with Gasteiger partial charge in [-0.25, -0.2) is 4.79 Å². The van der Waals surface area contributed by atoms with Crippen LogP contribution in [0.5, 0.6) is 0 Å². The van der Waals surface area contributed by atoms with Crippen LogP contribution in [-0.4, -0.2) is 54.7 Å². The van der Waals surface area contributed by atoms with Crippen molar-refractivity contribution >= 4 is 18.0 Å². The van der Waals surface area contributed by atoms with Gasteiger partial charge in [-0.15, -0.1) is 0 Å². The van der Waals surface area contributed by atoms with Gasteiger partial charge in [0.2, 0.25) is 5.91 Å². The van der Waals surface area contributed by atoms with E-state index in [2.05, 4.69) is 5.32 Å². The van der Waals surface area contributed by atoms with E-state index in [-0.39, 0.29) is 12.5 Å². The van der Waals surface area contributed by atoms with Gasteiger partial charge in [0.25, 0.3) is 0 Å². The highest BCUT2D eigenvalue weighted by Gasteiger charge is 2.29. The highest BCUT2D eigenvalue weighted by atomic mass is 16.6. The summed E-state index contributed by atoms with van der Waals surface area (Å²) in [6.45, 7) is 7.78. The molecule has 0 unspecified atom stereocenters. The van der Waals surface area contributed by atoms with Crippen molar-refractivity contribution in [3.8, 4) is 0 Å². The van der Waals surface area contributed by atoms with Crippen molar-refractivity contribution < 1.29 is 23.9 Å². The van der Waals surface area contributed by atoms with E-state index in [0.717, 1.165) is 19.3 Å². The van der Waals surface area contributed by atoms with Gasteiger partial charge in [0.05, 0.1) is 7.11 Å². The second-order valence-electron chi connectivity index (χ2n) is 8.97. The Bertz CT molecular complexity index is 524. The van der Waals surface area contributed by atoms with Crippen molar-refractivity contribution in [2.75, 3.05) is 20.2 Å². The number of carbonyl (C=O) groups is 3. The second-order valence-corrected chi connectivity index (χ2v) is 8.97. The van der Waals surface area contributed by atoms with Crippen LogP contribution in [0.3, 0.4) is 0 Å². The number of hydrogen-bond donors (Lipinski definition) is 1. The number of esters is 1. The van der Waals surface area contributed by atoms with Crippen molar-refractivity contribution in [3.05, 3.63) is 0 Å². The van der Waals surface area contributed by atoms with E-state index in [9.17, 15) is 14.4 Å². The monoisotopic (exact) mass is 412 g/mol. The zero-order valence-corrected chi connectivity index (χ0v) is 18.9. The number of rotatable bonds is 10. The molecule has 1 rings (SSSR count). The summed E-state index contributed by atoms with van der Waals surface area (Å²) in [5, 5.41) is 2.71. The van der Waals surface area contributed by atoms with Crippen molar-refractivity contribution in [2.45, 2.75) is 97.1 Å². The van der Waals surface area contributed by atoms with Crippen LogP contribution < -0.4 is 5.32 Å². The number of methoxy groups -OCH3 is 1. The summed E-state index contributed by atoms with van der Waals surface area (Å²) in [4.78, 5) is 38.9. The number of unbranched alkanes of at least 4 members (excludes halogenated alkanes) is 1. The van der Waals surface area contributed by atoms with Crippen molar-refractivity contribution in [2.24, 2.45) is 5.92 Å². The minimum atomic E-state index is -0.708. The molecule has 7 heteroatoms. The van der Waals surface area contributed by atoms with E-state index in [4.69, 9.17) is 9.47 Å². The summed E-state index contributed by atoms with van der Waals surface area (Å²) in [6, 6.07) is -0.708. The van der Waals surface area contributed by atoms with Crippen molar-refractivity contribution in [1.29, 1.82) is 0 Å². The molecule has 0 aromatic carbocycles. The lowest BCUT2D eigenvalue weighted by atomic mass is 9.87. The molecule has 0 heterocycles. The number of ether oxygens (including phenoxy) is 2. The van der Waals surface area contributed by atoms with E-state index in [1.54, 1.807) is 20.8 Å². The standard InChI is InChI=1S/C22H40N2O5/c1-6-7-13-18(23-21(27)29-22(2,3)4)20(26)24(16-19(25)28-5)15-14-17-11-9-8-10-12-17/h17-18H,6-16H2,1-5H3,(H,23,27)/t18-/m0/s1. The fraction of sp³-hybridized carbons (Fsp3) is 0.864. The Morgan fingerprint density at radius 2 is 1.79 bits per heavy atom. The number of carbonyl (C=O) groups excluding carboxylic acids is 3. The molecule has 0 spiro atoms. The molecule has 2 amide bonds. The summed E-state index contributed by atoms with van der Waals surface area (Å²) in [7, 11) is 1.32. The minimum Gasteiger partial charge on any atom is -0.468 e. The molecule has 7 nitrogen and oxygen atoms in total. The average molecular weight is 413 g/mol. The third-order valence-corrected chi connectivity index (χ3v) is 5.23. The molecule has 0 aromatic rings. The zero-order chi connectivity index (χ0) is 21.9. The fourth-order valence-corrected chi connectivity index (χ4v) is 3.64. The van der Waals surface area contributed by atoms with E-state index < -0.39 is 23.7 Å². The molecular weight excluding hydrogens is 372 g/mol. The summed E-state index contributed by atoms with van der Waals surface area (Å²) < 4.78 is 10.1. The number of amides is 2. The van der Waals surface area contributed by atoms with Crippen molar-refractivity contribution in [3.63, 3.8) is 0 Å². The Kier molecular flexibility index (Phi) is 11.1. The van der Waals surface area contributed by atoms with Gasteiger partial charge in [-0.3, -0.25) is 9.59 Å². The molecule has 1 aliphatic carbocycles.